The van der Waals surface area contributed by atoms with Crippen LogP contribution in [0.2, 0.25) is 0 Å². The molecule has 0 aliphatic heterocycles. The minimum atomic E-state index is 0.436. The summed E-state index contributed by atoms with van der Waals surface area (Å²) in [5, 5.41) is 8.95. The standard InChI is InChI=1S/C65H44N6/c1-66-61(46-23-8-3-9-24-46)68-62(67-42-43-19-6-2-7-20-43)51-35-37-55-58(40-51)60(54-32-18-30-45-22-16-17-31-53(45)54)56-38-36-52(41-57(56)59(55)50-34-33-44-21-14-15-29-49(44)39-50)65-70-63(47-25-10-4-11-26-47)69-64(71-65)48-27-12-5-13-28-48/h2-41H,1,42H2. The fourth-order valence-electron chi connectivity index (χ4n) is 9.65. The molecule has 0 saturated heterocycles. The lowest BCUT2D eigenvalue weighted by molar-refractivity contribution is 1.06. The average molecular weight is 909 g/mol. The summed E-state index contributed by atoms with van der Waals surface area (Å²) in [6.07, 6.45) is 0. The third kappa shape index (κ3) is 8.45. The van der Waals surface area contributed by atoms with E-state index in [2.05, 4.69) is 145 Å². The molecular weight excluding hydrogens is 865 g/mol. The highest BCUT2D eigenvalue weighted by Crippen LogP contribution is 2.47. The van der Waals surface area contributed by atoms with E-state index in [9.17, 15) is 0 Å². The molecule has 6 heteroatoms. The third-order valence-electron chi connectivity index (χ3n) is 13.1. The Morgan fingerprint density at radius 3 is 1.61 bits per heavy atom. The molecule has 0 unspecified atom stereocenters. The summed E-state index contributed by atoms with van der Waals surface area (Å²) in [7, 11) is 0. The summed E-state index contributed by atoms with van der Waals surface area (Å²) >= 11 is 0. The van der Waals surface area contributed by atoms with Gasteiger partial charge < -0.3 is 0 Å². The van der Waals surface area contributed by atoms with E-state index < -0.39 is 0 Å². The van der Waals surface area contributed by atoms with Crippen LogP contribution in [0.5, 0.6) is 0 Å². The van der Waals surface area contributed by atoms with Gasteiger partial charge in [0.15, 0.2) is 29.1 Å². The van der Waals surface area contributed by atoms with Gasteiger partial charge >= 0.3 is 0 Å². The zero-order chi connectivity index (χ0) is 47.5. The van der Waals surface area contributed by atoms with Crippen molar-refractivity contribution in [3.05, 3.63) is 259 Å². The van der Waals surface area contributed by atoms with E-state index in [0.29, 0.717) is 35.7 Å². The summed E-state index contributed by atoms with van der Waals surface area (Å²) in [6, 6.07) is 84.4. The van der Waals surface area contributed by atoms with Crippen molar-refractivity contribution in [1.82, 2.24) is 15.0 Å². The van der Waals surface area contributed by atoms with Crippen molar-refractivity contribution in [2.24, 2.45) is 15.0 Å². The number of aromatic nitrogens is 3. The van der Waals surface area contributed by atoms with E-state index in [4.69, 9.17) is 24.9 Å². The van der Waals surface area contributed by atoms with Crippen LogP contribution in [0.25, 0.3) is 99.5 Å². The number of nitrogens with zero attached hydrogens (tertiary/aromatic N) is 6. The molecule has 0 spiro atoms. The van der Waals surface area contributed by atoms with Crippen LogP contribution in [-0.2, 0) is 6.54 Å². The van der Waals surface area contributed by atoms with Crippen LogP contribution in [-0.4, -0.2) is 33.3 Å². The second kappa shape index (κ2) is 18.9. The quantitative estimate of drug-likeness (QED) is 0.0822. The molecule has 0 bridgehead atoms. The van der Waals surface area contributed by atoms with Gasteiger partial charge in [0.1, 0.15) is 0 Å². The van der Waals surface area contributed by atoms with Crippen molar-refractivity contribution in [2.45, 2.75) is 6.54 Å². The van der Waals surface area contributed by atoms with Crippen LogP contribution < -0.4 is 0 Å². The molecule has 0 amide bonds. The fraction of sp³-hybridized carbons (Fsp3) is 0.0154. The zero-order valence-corrected chi connectivity index (χ0v) is 38.7. The highest BCUT2D eigenvalue weighted by molar-refractivity contribution is 6.25. The largest absolute Gasteiger partial charge is 0.261 e. The van der Waals surface area contributed by atoms with Gasteiger partial charge in [-0.1, -0.05) is 224 Å². The maximum absolute atomic E-state index is 5.24. The number of hydrogen-bond acceptors (Lipinski definition) is 4. The van der Waals surface area contributed by atoms with Crippen molar-refractivity contribution in [3.63, 3.8) is 0 Å². The molecule has 0 saturated carbocycles. The van der Waals surface area contributed by atoms with Gasteiger partial charge in [0.05, 0.1) is 6.54 Å². The second-order valence-electron chi connectivity index (χ2n) is 17.5. The van der Waals surface area contributed by atoms with E-state index in [0.717, 1.165) is 93.3 Å². The highest BCUT2D eigenvalue weighted by Gasteiger charge is 2.22. The van der Waals surface area contributed by atoms with E-state index in [1.165, 1.54) is 5.39 Å². The molecule has 0 aliphatic carbocycles. The summed E-state index contributed by atoms with van der Waals surface area (Å²) in [4.78, 5) is 30.3. The van der Waals surface area contributed by atoms with Crippen molar-refractivity contribution in [2.75, 3.05) is 0 Å². The van der Waals surface area contributed by atoms with Crippen LogP contribution in [0.1, 0.15) is 16.7 Å². The molecule has 12 rings (SSSR count). The fourth-order valence-corrected chi connectivity index (χ4v) is 9.65. The normalized spacial score (nSPS) is 11.9. The number of benzene rings is 11. The first-order valence-electron chi connectivity index (χ1n) is 23.7. The van der Waals surface area contributed by atoms with Crippen LogP contribution >= 0.6 is 0 Å². The Kier molecular flexibility index (Phi) is 11.4. The molecule has 334 valence electrons. The van der Waals surface area contributed by atoms with Crippen LogP contribution in [0.15, 0.2) is 258 Å². The van der Waals surface area contributed by atoms with Gasteiger partial charge in [0.25, 0.3) is 0 Å². The maximum atomic E-state index is 5.24. The Bertz CT molecular complexity index is 3960. The summed E-state index contributed by atoms with van der Waals surface area (Å²) in [5.41, 5.74) is 9.93. The molecule has 1 aromatic heterocycles. The first kappa shape index (κ1) is 42.8. The predicted octanol–water partition coefficient (Wildman–Crippen LogP) is 15.9. The topological polar surface area (TPSA) is 75.8 Å². The molecule has 0 fully saturated rings. The van der Waals surface area contributed by atoms with E-state index in [-0.39, 0.29) is 0 Å². The SMILES string of the molecule is C=NC(=NC(=NCc1ccccc1)c1ccc2c(-c3ccc4ccccc4c3)c3cc(-c4nc(-c5ccccc5)nc(-c5ccccc5)n4)ccc3c(-c3cccc4ccccc34)c2c1)c1ccccc1. The Hall–Kier alpha value is -9.52. The van der Waals surface area contributed by atoms with Gasteiger partial charge in [0, 0.05) is 27.8 Å². The van der Waals surface area contributed by atoms with E-state index in [1.54, 1.807) is 0 Å². The Morgan fingerprint density at radius 1 is 0.352 bits per heavy atom. The Labute approximate surface area is 411 Å². The lowest BCUT2D eigenvalue weighted by Crippen LogP contribution is -2.06. The lowest BCUT2D eigenvalue weighted by atomic mass is 9.83. The molecule has 0 N–H and O–H groups in total. The number of fused-ring (bicyclic) bond motifs is 4. The van der Waals surface area contributed by atoms with Crippen LogP contribution in [0, 0.1) is 0 Å². The van der Waals surface area contributed by atoms with Crippen molar-refractivity contribution in [1.29, 1.82) is 0 Å². The minimum absolute atomic E-state index is 0.436. The first-order chi connectivity index (χ1) is 35.1. The lowest BCUT2D eigenvalue weighted by Gasteiger charge is -2.20. The maximum Gasteiger partial charge on any atom is 0.164 e. The summed E-state index contributed by atoms with van der Waals surface area (Å²) < 4.78 is 0. The molecule has 71 heavy (non-hydrogen) atoms. The molecule has 0 aliphatic rings. The molecule has 11 aromatic carbocycles. The van der Waals surface area contributed by atoms with Gasteiger partial charge in [-0.2, -0.15) is 0 Å². The van der Waals surface area contributed by atoms with E-state index in [1.807, 2.05) is 109 Å². The van der Waals surface area contributed by atoms with Crippen molar-refractivity contribution in [3.8, 4) is 56.4 Å². The molecule has 0 atom stereocenters. The average Bonchev–Trinajstić information content (AvgIpc) is 3.45. The zero-order valence-electron chi connectivity index (χ0n) is 38.7. The number of hydrogen-bond donors (Lipinski definition) is 0. The highest BCUT2D eigenvalue weighted by atomic mass is 15.0. The number of rotatable bonds is 9. The second-order valence-corrected chi connectivity index (χ2v) is 17.5. The Balaban J connectivity index is 1.17. The first-order valence-corrected chi connectivity index (χ1v) is 23.7. The van der Waals surface area contributed by atoms with Gasteiger partial charge in [-0.3, -0.25) is 4.99 Å². The van der Waals surface area contributed by atoms with E-state index >= 15 is 0 Å². The van der Waals surface area contributed by atoms with Crippen molar-refractivity contribution < 1.29 is 0 Å². The van der Waals surface area contributed by atoms with Gasteiger partial charge in [-0.15, -0.1) is 0 Å². The third-order valence-corrected chi connectivity index (χ3v) is 13.1. The number of aliphatic imine (C=N–C) groups is 3. The summed E-state index contributed by atoms with van der Waals surface area (Å²) in [6.45, 7) is 4.39. The predicted molar refractivity (Wildman–Crippen MR) is 296 cm³/mol. The van der Waals surface area contributed by atoms with Gasteiger partial charge in [-0.25, -0.2) is 24.9 Å². The molecular formula is C65H44N6. The molecule has 0 radical (unpaired) electrons. The molecule has 6 nitrogen and oxygen atoms in total. The molecule has 12 aromatic rings. The smallest absolute Gasteiger partial charge is 0.164 e. The van der Waals surface area contributed by atoms with Gasteiger partial charge in [0.2, 0.25) is 0 Å². The summed E-state index contributed by atoms with van der Waals surface area (Å²) in [5.74, 6) is 2.88. The minimum Gasteiger partial charge on any atom is -0.261 e. The van der Waals surface area contributed by atoms with Crippen LogP contribution in [0.4, 0.5) is 0 Å². The van der Waals surface area contributed by atoms with Gasteiger partial charge in [-0.05, 0) is 95.8 Å². The monoisotopic (exact) mass is 908 g/mol. The Morgan fingerprint density at radius 2 is 0.901 bits per heavy atom. The van der Waals surface area contributed by atoms with Crippen molar-refractivity contribution >= 4 is 61.5 Å². The number of amidine groups is 2. The van der Waals surface area contributed by atoms with Crippen LogP contribution in [0.3, 0.4) is 0 Å². The molecule has 1 heterocycles.